The number of benzene rings is 1. The second-order valence-electron chi connectivity index (χ2n) is 2.28. The highest BCUT2D eigenvalue weighted by atomic mass is 19.1. The minimum Gasteiger partial charge on any atom is -0.208 e. The molecule has 0 amide bonds. The molecule has 1 aromatic carbocycles. The van der Waals surface area contributed by atoms with E-state index >= 15 is 0 Å². The van der Waals surface area contributed by atoms with Crippen LogP contribution in [-0.4, -0.2) is 31.4 Å². The maximum Gasteiger partial charge on any atom is 0.121 e. The Morgan fingerprint density at radius 2 is 0.917 bits per heavy atom. The molecular formula is C6B4F2. The highest BCUT2D eigenvalue weighted by Crippen LogP contribution is 1.88. The quantitative estimate of drug-likeness (QED) is 0.352. The molecule has 8 radical (unpaired) electrons. The van der Waals surface area contributed by atoms with Crippen LogP contribution in [0.4, 0.5) is 8.78 Å². The third-order valence-electron chi connectivity index (χ3n) is 1.53. The second kappa shape index (κ2) is 3.00. The standard InChI is InChI=1S/C6B4F2/c7-1-2(8)5(11)4(10)6(12)3(1)9. The van der Waals surface area contributed by atoms with Crippen LogP contribution in [0.15, 0.2) is 0 Å². The number of hydrogen-bond acceptors (Lipinski definition) is 0. The first-order valence-electron chi connectivity index (χ1n) is 3.03. The van der Waals surface area contributed by atoms with Gasteiger partial charge >= 0.3 is 0 Å². The van der Waals surface area contributed by atoms with E-state index in [4.69, 9.17) is 31.4 Å². The lowest BCUT2D eigenvalue weighted by Gasteiger charge is -2.12. The van der Waals surface area contributed by atoms with E-state index in [0.29, 0.717) is 0 Å². The topological polar surface area (TPSA) is 0 Å². The lowest BCUT2D eigenvalue weighted by molar-refractivity contribution is 0.609. The van der Waals surface area contributed by atoms with Gasteiger partial charge in [0.05, 0.1) is 0 Å². The Bertz CT molecular complexity index is 232. The van der Waals surface area contributed by atoms with Crippen molar-refractivity contribution in [3.63, 3.8) is 0 Å². The van der Waals surface area contributed by atoms with Gasteiger partial charge in [-0.2, -0.15) is 0 Å². The fraction of sp³-hybridized carbons (Fsp3) is 0. The van der Waals surface area contributed by atoms with Gasteiger partial charge in [0, 0.05) is 0 Å². The lowest BCUT2D eigenvalue weighted by atomic mass is 9.69. The molecule has 0 spiro atoms. The zero-order valence-corrected chi connectivity index (χ0v) is 6.07. The molecule has 50 valence electrons. The minimum atomic E-state index is -1.07. The summed E-state index contributed by atoms with van der Waals surface area (Å²) in [7, 11) is 20.4. The van der Waals surface area contributed by atoms with Gasteiger partial charge in [-0.1, -0.05) is 10.9 Å². The van der Waals surface area contributed by atoms with Crippen LogP contribution in [0.1, 0.15) is 0 Å². The van der Waals surface area contributed by atoms with Crippen LogP contribution in [0.5, 0.6) is 0 Å². The normalized spacial score (nSPS) is 10.2. The molecule has 0 saturated carbocycles. The van der Waals surface area contributed by atoms with Gasteiger partial charge in [0.2, 0.25) is 0 Å². The highest BCUT2D eigenvalue weighted by molar-refractivity contribution is 6.58. The molecule has 0 unspecified atom stereocenters. The van der Waals surface area contributed by atoms with E-state index in [0.717, 1.165) is 0 Å². The molecule has 6 heteroatoms. The number of halogens is 2. The Morgan fingerprint density at radius 3 is 1.25 bits per heavy atom. The van der Waals surface area contributed by atoms with Crippen LogP contribution >= 0.6 is 0 Å². The largest absolute Gasteiger partial charge is 0.208 e. The average molecular weight is 153 g/mol. The summed E-state index contributed by atoms with van der Waals surface area (Å²) in [5.41, 5.74) is -1.88. The van der Waals surface area contributed by atoms with E-state index in [2.05, 4.69) is 0 Å². The van der Waals surface area contributed by atoms with Crippen LogP contribution in [-0.2, 0) is 0 Å². The molecule has 0 heterocycles. The molecule has 1 aromatic rings. The molecule has 0 saturated heterocycles. The summed E-state index contributed by atoms with van der Waals surface area (Å²) in [5.74, 6) is -2.14. The Morgan fingerprint density at radius 1 is 0.583 bits per heavy atom. The summed E-state index contributed by atoms with van der Waals surface area (Å²) in [6.07, 6.45) is 0. The van der Waals surface area contributed by atoms with E-state index in [9.17, 15) is 8.78 Å². The first kappa shape index (κ1) is 9.43. The molecule has 0 nitrogen and oxygen atoms in total. The van der Waals surface area contributed by atoms with Crippen molar-refractivity contribution >= 4 is 53.2 Å². The van der Waals surface area contributed by atoms with Gasteiger partial charge in [0.25, 0.3) is 0 Å². The smallest absolute Gasteiger partial charge is 0.121 e. The van der Waals surface area contributed by atoms with Crippen LogP contribution < -0.4 is 21.9 Å². The second-order valence-corrected chi connectivity index (χ2v) is 2.28. The van der Waals surface area contributed by atoms with Crippen molar-refractivity contribution in [3.8, 4) is 0 Å². The monoisotopic (exact) mass is 154 g/mol. The van der Waals surface area contributed by atoms with Crippen molar-refractivity contribution < 1.29 is 8.78 Å². The molecule has 0 bridgehead atoms. The summed E-state index contributed by atoms with van der Waals surface area (Å²) >= 11 is 0. The Labute approximate surface area is 74.4 Å². The zero-order chi connectivity index (χ0) is 9.46. The first-order valence-corrected chi connectivity index (χ1v) is 3.03. The zero-order valence-electron chi connectivity index (χ0n) is 6.07. The molecule has 1 rings (SSSR count). The van der Waals surface area contributed by atoms with E-state index in [1.165, 1.54) is 0 Å². The van der Waals surface area contributed by atoms with Gasteiger partial charge in [-0.05, 0) is 5.46 Å². The Balaban J connectivity index is 3.60. The molecule has 0 aromatic heterocycles. The van der Waals surface area contributed by atoms with Crippen LogP contribution in [0.25, 0.3) is 0 Å². The van der Waals surface area contributed by atoms with Crippen molar-refractivity contribution in [2.45, 2.75) is 0 Å². The van der Waals surface area contributed by atoms with Gasteiger partial charge in [0.1, 0.15) is 43.0 Å². The van der Waals surface area contributed by atoms with E-state index in [-0.39, 0.29) is 5.46 Å². The van der Waals surface area contributed by atoms with Crippen molar-refractivity contribution in [2.24, 2.45) is 0 Å². The van der Waals surface area contributed by atoms with E-state index in [1.54, 1.807) is 0 Å². The molecule has 0 aliphatic rings. The van der Waals surface area contributed by atoms with Gasteiger partial charge in [-0.25, -0.2) is 8.78 Å². The third-order valence-corrected chi connectivity index (χ3v) is 1.53. The molecule has 0 atom stereocenters. The van der Waals surface area contributed by atoms with Crippen molar-refractivity contribution in [1.29, 1.82) is 0 Å². The molecule has 0 aliphatic carbocycles. The molecular weight excluding hydrogens is 153 g/mol. The molecule has 0 aliphatic heterocycles. The average Bonchev–Trinajstić information content (AvgIpc) is 2.08. The summed E-state index contributed by atoms with van der Waals surface area (Å²) < 4.78 is 25.6. The van der Waals surface area contributed by atoms with Crippen molar-refractivity contribution in [3.05, 3.63) is 11.6 Å². The van der Waals surface area contributed by atoms with E-state index in [1.807, 2.05) is 0 Å². The first-order chi connectivity index (χ1) is 5.46. The molecule has 12 heavy (non-hydrogen) atoms. The summed E-state index contributed by atoms with van der Waals surface area (Å²) in [6.45, 7) is 0. The molecule has 0 fully saturated rings. The summed E-state index contributed by atoms with van der Waals surface area (Å²) in [4.78, 5) is 0. The van der Waals surface area contributed by atoms with Crippen molar-refractivity contribution in [2.75, 3.05) is 0 Å². The number of hydrogen-bond donors (Lipinski definition) is 0. The van der Waals surface area contributed by atoms with Gasteiger partial charge in [-0.3, -0.25) is 0 Å². The van der Waals surface area contributed by atoms with Crippen LogP contribution in [0.3, 0.4) is 0 Å². The van der Waals surface area contributed by atoms with E-state index < -0.39 is 28.0 Å². The Kier molecular flexibility index (Phi) is 2.36. The van der Waals surface area contributed by atoms with Gasteiger partial charge in [0.15, 0.2) is 0 Å². The predicted molar refractivity (Wildman–Crippen MR) is 47.9 cm³/mol. The van der Waals surface area contributed by atoms with Crippen LogP contribution in [0, 0.1) is 11.6 Å². The lowest BCUT2D eigenvalue weighted by Crippen LogP contribution is -2.48. The predicted octanol–water partition coefficient (Wildman–Crippen LogP) is -2.86. The summed E-state index contributed by atoms with van der Waals surface area (Å²) in [6, 6.07) is 0. The molecule has 0 N–H and O–H groups in total. The van der Waals surface area contributed by atoms with Gasteiger partial charge in [-0.15, -0.1) is 5.46 Å². The fourth-order valence-electron chi connectivity index (χ4n) is 0.768. The highest BCUT2D eigenvalue weighted by Gasteiger charge is 2.11. The Hall–Kier alpha value is -0.660. The van der Waals surface area contributed by atoms with Crippen molar-refractivity contribution in [1.82, 2.24) is 0 Å². The fourth-order valence-corrected chi connectivity index (χ4v) is 0.768. The third kappa shape index (κ3) is 1.19. The van der Waals surface area contributed by atoms with Crippen LogP contribution in [0.2, 0.25) is 0 Å². The number of rotatable bonds is 0. The summed E-state index contributed by atoms with van der Waals surface area (Å²) in [5, 5.41) is 0. The maximum atomic E-state index is 12.8. The van der Waals surface area contributed by atoms with Gasteiger partial charge < -0.3 is 0 Å². The maximum absolute atomic E-state index is 12.8. The minimum absolute atomic E-state index is 0.320. The SMILES string of the molecule is [B]c1c([B])c(F)c([B])c(F)c1[B].